The summed E-state index contributed by atoms with van der Waals surface area (Å²) in [6, 6.07) is -0.0975. The van der Waals surface area contributed by atoms with Gasteiger partial charge in [0, 0.05) is 12.6 Å². The Morgan fingerprint density at radius 2 is 2.15 bits per heavy atom. The van der Waals surface area contributed by atoms with Crippen molar-refractivity contribution >= 4 is 5.97 Å². The van der Waals surface area contributed by atoms with E-state index in [0.29, 0.717) is 12.6 Å². The van der Waals surface area contributed by atoms with E-state index in [2.05, 4.69) is 23.5 Å². The number of hydrogen-bond acceptors (Lipinski definition) is 4. The fourth-order valence-corrected chi connectivity index (χ4v) is 1.03. The third-order valence-corrected chi connectivity index (χ3v) is 2.33. The minimum atomic E-state index is -0.538. The lowest BCUT2D eigenvalue weighted by Gasteiger charge is -2.25. The van der Waals surface area contributed by atoms with E-state index in [1.807, 2.05) is 7.05 Å². The number of methoxy groups -OCH3 is 1. The number of carbonyl (C=O) groups excluding carboxylic acids is 1. The summed E-state index contributed by atoms with van der Waals surface area (Å²) in [6.07, 6.45) is 1.05. The molecule has 2 unspecified atom stereocenters. The van der Waals surface area contributed by atoms with Crippen molar-refractivity contribution in [3.05, 3.63) is 0 Å². The van der Waals surface area contributed by atoms with Crippen molar-refractivity contribution in [2.24, 2.45) is 5.73 Å². The number of esters is 1. The standard InChI is InChI=1S/C9H20N2O2/c1-5-7(2)11(3)6-8(10)9(12)13-4/h7-8H,5-6,10H2,1-4H3. The molecule has 78 valence electrons. The van der Waals surface area contributed by atoms with Crippen LogP contribution in [0, 0.1) is 0 Å². The van der Waals surface area contributed by atoms with E-state index in [-0.39, 0.29) is 5.97 Å². The molecule has 0 aliphatic heterocycles. The van der Waals surface area contributed by atoms with Crippen molar-refractivity contribution in [1.82, 2.24) is 4.90 Å². The van der Waals surface area contributed by atoms with Crippen LogP contribution in [0.4, 0.5) is 0 Å². The predicted molar refractivity (Wildman–Crippen MR) is 52.4 cm³/mol. The maximum absolute atomic E-state index is 11.0. The zero-order chi connectivity index (χ0) is 10.4. The average Bonchev–Trinajstić information content (AvgIpc) is 2.14. The molecule has 2 atom stereocenters. The molecule has 0 saturated heterocycles. The van der Waals surface area contributed by atoms with Gasteiger partial charge >= 0.3 is 5.97 Å². The normalized spacial score (nSPS) is 15.5. The van der Waals surface area contributed by atoms with Crippen molar-refractivity contribution in [2.75, 3.05) is 20.7 Å². The van der Waals surface area contributed by atoms with Gasteiger partial charge < -0.3 is 15.4 Å². The predicted octanol–water partition coefficient (Wildman–Crippen LogP) is 0.217. The van der Waals surface area contributed by atoms with Crippen LogP contribution in [0.1, 0.15) is 20.3 Å². The largest absolute Gasteiger partial charge is 0.468 e. The Morgan fingerprint density at radius 1 is 1.62 bits per heavy atom. The zero-order valence-corrected chi connectivity index (χ0v) is 8.91. The molecule has 0 radical (unpaired) electrons. The van der Waals surface area contributed by atoms with Gasteiger partial charge in [-0.3, -0.25) is 4.79 Å². The van der Waals surface area contributed by atoms with Crippen LogP contribution in [0.3, 0.4) is 0 Å². The summed E-state index contributed by atoms with van der Waals surface area (Å²) >= 11 is 0. The number of nitrogens with zero attached hydrogens (tertiary/aromatic N) is 1. The molecule has 0 bridgehead atoms. The highest BCUT2D eigenvalue weighted by molar-refractivity contribution is 5.75. The SMILES string of the molecule is CCC(C)N(C)CC(N)C(=O)OC. The van der Waals surface area contributed by atoms with Gasteiger partial charge in [0.1, 0.15) is 6.04 Å². The average molecular weight is 188 g/mol. The van der Waals surface area contributed by atoms with Crippen LogP contribution in [-0.2, 0) is 9.53 Å². The molecule has 4 heteroatoms. The lowest BCUT2D eigenvalue weighted by molar-refractivity contribution is -0.142. The minimum Gasteiger partial charge on any atom is -0.468 e. The molecule has 0 aromatic heterocycles. The Bertz CT molecular complexity index is 162. The van der Waals surface area contributed by atoms with E-state index in [0.717, 1.165) is 6.42 Å². The summed E-state index contributed by atoms with van der Waals surface area (Å²) in [5.74, 6) is -0.352. The molecule has 0 rings (SSSR count). The summed E-state index contributed by atoms with van der Waals surface area (Å²) in [4.78, 5) is 13.0. The Balaban J connectivity index is 3.90. The lowest BCUT2D eigenvalue weighted by Crippen LogP contribution is -2.44. The molecule has 4 nitrogen and oxygen atoms in total. The Hall–Kier alpha value is -0.610. The molecule has 0 aromatic carbocycles. The molecular weight excluding hydrogens is 168 g/mol. The lowest BCUT2D eigenvalue weighted by atomic mass is 10.2. The molecule has 2 N–H and O–H groups in total. The molecule has 13 heavy (non-hydrogen) atoms. The maximum atomic E-state index is 11.0. The molecule has 0 amide bonds. The monoisotopic (exact) mass is 188 g/mol. The van der Waals surface area contributed by atoms with Crippen LogP contribution in [0.2, 0.25) is 0 Å². The van der Waals surface area contributed by atoms with Crippen LogP contribution < -0.4 is 5.73 Å². The second kappa shape index (κ2) is 5.94. The molecule has 0 saturated carbocycles. The third kappa shape index (κ3) is 4.24. The Labute approximate surface area is 80.0 Å². The number of rotatable bonds is 5. The number of ether oxygens (including phenoxy) is 1. The first-order valence-corrected chi connectivity index (χ1v) is 4.56. The molecule has 0 spiro atoms. The molecule has 0 fully saturated rings. The maximum Gasteiger partial charge on any atom is 0.323 e. The number of carbonyl (C=O) groups is 1. The van der Waals surface area contributed by atoms with E-state index in [9.17, 15) is 4.79 Å². The van der Waals surface area contributed by atoms with Gasteiger partial charge in [-0.15, -0.1) is 0 Å². The number of likely N-dealkylation sites (N-methyl/N-ethyl adjacent to an activating group) is 1. The van der Waals surface area contributed by atoms with Gasteiger partial charge in [0.15, 0.2) is 0 Å². The molecule has 0 aliphatic carbocycles. The molecule has 0 aliphatic rings. The van der Waals surface area contributed by atoms with Crippen molar-refractivity contribution < 1.29 is 9.53 Å². The fraction of sp³-hybridized carbons (Fsp3) is 0.889. The van der Waals surface area contributed by atoms with Gasteiger partial charge in [-0.1, -0.05) is 6.92 Å². The van der Waals surface area contributed by atoms with E-state index in [1.54, 1.807) is 0 Å². The van der Waals surface area contributed by atoms with Gasteiger partial charge in [-0.25, -0.2) is 0 Å². The minimum absolute atomic E-state index is 0.352. The van der Waals surface area contributed by atoms with Crippen LogP contribution in [0.25, 0.3) is 0 Å². The van der Waals surface area contributed by atoms with Gasteiger partial charge in [0.25, 0.3) is 0 Å². The summed E-state index contributed by atoms with van der Waals surface area (Å²) in [5, 5.41) is 0. The van der Waals surface area contributed by atoms with Crippen LogP contribution in [0.5, 0.6) is 0 Å². The fourth-order valence-electron chi connectivity index (χ4n) is 1.03. The summed E-state index contributed by atoms with van der Waals surface area (Å²) in [5.41, 5.74) is 5.60. The van der Waals surface area contributed by atoms with Crippen molar-refractivity contribution in [3.63, 3.8) is 0 Å². The van der Waals surface area contributed by atoms with Gasteiger partial charge in [-0.2, -0.15) is 0 Å². The highest BCUT2D eigenvalue weighted by atomic mass is 16.5. The zero-order valence-electron chi connectivity index (χ0n) is 8.91. The number of hydrogen-bond donors (Lipinski definition) is 1. The second-order valence-electron chi connectivity index (χ2n) is 3.33. The quantitative estimate of drug-likeness (QED) is 0.627. The molecule has 0 aromatic rings. The highest BCUT2D eigenvalue weighted by Gasteiger charge is 2.17. The highest BCUT2D eigenvalue weighted by Crippen LogP contribution is 2.00. The van der Waals surface area contributed by atoms with Crippen molar-refractivity contribution in [2.45, 2.75) is 32.4 Å². The van der Waals surface area contributed by atoms with Crippen molar-refractivity contribution in [3.8, 4) is 0 Å². The first-order valence-electron chi connectivity index (χ1n) is 4.56. The molecular formula is C9H20N2O2. The van der Waals surface area contributed by atoms with Crippen LogP contribution in [-0.4, -0.2) is 43.7 Å². The first-order chi connectivity index (χ1) is 6.02. The number of nitrogens with two attached hydrogens (primary N) is 1. The Morgan fingerprint density at radius 3 is 2.54 bits per heavy atom. The van der Waals surface area contributed by atoms with Crippen LogP contribution >= 0.6 is 0 Å². The van der Waals surface area contributed by atoms with Gasteiger partial charge in [0.2, 0.25) is 0 Å². The van der Waals surface area contributed by atoms with E-state index in [4.69, 9.17) is 5.73 Å². The smallest absolute Gasteiger partial charge is 0.323 e. The topological polar surface area (TPSA) is 55.6 Å². The second-order valence-corrected chi connectivity index (χ2v) is 3.33. The van der Waals surface area contributed by atoms with Gasteiger partial charge in [-0.05, 0) is 20.4 Å². The summed E-state index contributed by atoms with van der Waals surface area (Å²) in [7, 11) is 3.31. The summed E-state index contributed by atoms with van der Waals surface area (Å²) in [6.45, 7) is 4.75. The van der Waals surface area contributed by atoms with E-state index < -0.39 is 6.04 Å². The Kier molecular flexibility index (Phi) is 5.66. The van der Waals surface area contributed by atoms with E-state index in [1.165, 1.54) is 7.11 Å². The van der Waals surface area contributed by atoms with E-state index >= 15 is 0 Å². The summed E-state index contributed by atoms with van der Waals surface area (Å²) < 4.78 is 4.54. The van der Waals surface area contributed by atoms with Crippen LogP contribution in [0.15, 0.2) is 0 Å². The van der Waals surface area contributed by atoms with Crippen molar-refractivity contribution in [1.29, 1.82) is 0 Å². The third-order valence-electron chi connectivity index (χ3n) is 2.33. The molecule has 0 heterocycles. The first kappa shape index (κ1) is 12.4. The van der Waals surface area contributed by atoms with Gasteiger partial charge in [0.05, 0.1) is 7.11 Å².